The largest absolute Gasteiger partial charge is 0.396 e. The molecule has 0 unspecified atom stereocenters. The highest BCUT2D eigenvalue weighted by Gasteiger charge is 2.03. The summed E-state index contributed by atoms with van der Waals surface area (Å²) in [5.41, 5.74) is 8.19. The molecule has 0 fully saturated rings. The van der Waals surface area contributed by atoms with Gasteiger partial charge in [0.25, 0.3) is 0 Å². The maximum absolute atomic E-state index is 13.0. The van der Waals surface area contributed by atoms with Crippen LogP contribution in [0.25, 0.3) is 0 Å². The van der Waals surface area contributed by atoms with Crippen LogP contribution in [0.5, 0.6) is 0 Å². The number of nitrogens with two attached hydrogens (primary N) is 1. The van der Waals surface area contributed by atoms with E-state index in [0.717, 1.165) is 17.5 Å². The van der Waals surface area contributed by atoms with Crippen molar-refractivity contribution in [2.75, 3.05) is 17.6 Å². The SMILES string of the molecule is Cc1cc(F)ccc1CCNc1ccc(N)c(C#N)n1. The zero-order valence-electron chi connectivity index (χ0n) is 11.2. The van der Waals surface area contributed by atoms with Gasteiger partial charge in [-0.15, -0.1) is 0 Å². The second-order valence-electron chi connectivity index (χ2n) is 4.49. The van der Waals surface area contributed by atoms with Gasteiger partial charge in [-0.2, -0.15) is 5.26 Å². The van der Waals surface area contributed by atoms with Crippen LogP contribution in [0.2, 0.25) is 0 Å². The Morgan fingerprint density at radius 2 is 2.15 bits per heavy atom. The number of aromatic nitrogens is 1. The fraction of sp³-hybridized carbons (Fsp3) is 0.200. The molecule has 20 heavy (non-hydrogen) atoms. The van der Waals surface area contributed by atoms with Crippen LogP contribution in [0, 0.1) is 24.1 Å². The van der Waals surface area contributed by atoms with Crippen LogP contribution in [-0.2, 0) is 6.42 Å². The molecule has 2 aromatic rings. The van der Waals surface area contributed by atoms with E-state index >= 15 is 0 Å². The molecule has 0 atom stereocenters. The van der Waals surface area contributed by atoms with Gasteiger partial charge in [0.1, 0.15) is 17.7 Å². The molecule has 0 radical (unpaired) electrons. The van der Waals surface area contributed by atoms with E-state index < -0.39 is 0 Å². The zero-order chi connectivity index (χ0) is 14.5. The Morgan fingerprint density at radius 3 is 2.85 bits per heavy atom. The first-order valence-electron chi connectivity index (χ1n) is 6.25. The number of aryl methyl sites for hydroxylation is 1. The smallest absolute Gasteiger partial charge is 0.165 e. The quantitative estimate of drug-likeness (QED) is 0.895. The first-order chi connectivity index (χ1) is 9.60. The highest BCUT2D eigenvalue weighted by atomic mass is 19.1. The third-order valence-corrected chi connectivity index (χ3v) is 3.04. The summed E-state index contributed by atoms with van der Waals surface area (Å²) in [6, 6.07) is 10.1. The Labute approximate surface area is 117 Å². The molecule has 1 aromatic carbocycles. The number of hydrogen-bond donors (Lipinski definition) is 2. The summed E-state index contributed by atoms with van der Waals surface area (Å²) in [5, 5.41) is 12.0. The van der Waals surface area contributed by atoms with Crippen molar-refractivity contribution in [2.24, 2.45) is 0 Å². The summed E-state index contributed by atoms with van der Waals surface area (Å²) >= 11 is 0. The van der Waals surface area contributed by atoms with Crippen LogP contribution < -0.4 is 11.1 Å². The maximum Gasteiger partial charge on any atom is 0.165 e. The lowest BCUT2D eigenvalue weighted by Crippen LogP contribution is -2.08. The number of benzene rings is 1. The summed E-state index contributed by atoms with van der Waals surface area (Å²) in [4.78, 5) is 4.10. The Balaban J connectivity index is 1.98. The molecule has 102 valence electrons. The van der Waals surface area contributed by atoms with Gasteiger partial charge in [-0.1, -0.05) is 6.07 Å². The van der Waals surface area contributed by atoms with Crippen molar-refractivity contribution < 1.29 is 4.39 Å². The van der Waals surface area contributed by atoms with Crippen LogP contribution in [0.1, 0.15) is 16.8 Å². The Bertz CT molecular complexity index is 661. The standard InChI is InChI=1S/C15H15FN4/c1-10-8-12(16)3-2-11(10)6-7-19-15-5-4-13(18)14(9-17)20-15/h2-5,8H,6-7,18H2,1H3,(H,19,20). The predicted molar refractivity (Wildman–Crippen MR) is 76.7 cm³/mol. The first kappa shape index (κ1) is 13.8. The number of nitriles is 1. The number of rotatable bonds is 4. The van der Waals surface area contributed by atoms with Gasteiger partial charge in [-0.05, 0) is 48.7 Å². The molecule has 2 rings (SSSR count). The average molecular weight is 270 g/mol. The molecule has 1 heterocycles. The minimum atomic E-state index is -0.224. The van der Waals surface area contributed by atoms with Crippen molar-refractivity contribution in [2.45, 2.75) is 13.3 Å². The molecule has 0 spiro atoms. The molecular weight excluding hydrogens is 255 g/mol. The topological polar surface area (TPSA) is 74.7 Å². The summed E-state index contributed by atoms with van der Waals surface area (Å²) in [5.74, 6) is 0.383. The van der Waals surface area contributed by atoms with Gasteiger partial charge >= 0.3 is 0 Å². The summed E-state index contributed by atoms with van der Waals surface area (Å²) < 4.78 is 13.0. The highest BCUT2D eigenvalue weighted by Crippen LogP contribution is 2.13. The van der Waals surface area contributed by atoms with E-state index in [-0.39, 0.29) is 11.5 Å². The molecule has 0 amide bonds. The molecule has 0 aliphatic heterocycles. The lowest BCUT2D eigenvalue weighted by molar-refractivity contribution is 0.625. The van der Waals surface area contributed by atoms with Crippen molar-refractivity contribution in [3.63, 3.8) is 0 Å². The second-order valence-corrected chi connectivity index (χ2v) is 4.49. The Hall–Kier alpha value is -2.61. The summed E-state index contributed by atoms with van der Waals surface area (Å²) in [6.45, 7) is 2.53. The normalized spacial score (nSPS) is 10.1. The Kier molecular flexibility index (Phi) is 4.16. The Morgan fingerprint density at radius 1 is 1.35 bits per heavy atom. The molecule has 0 aliphatic rings. The fourth-order valence-electron chi connectivity index (χ4n) is 1.92. The molecule has 0 aliphatic carbocycles. The van der Waals surface area contributed by atoms with Gasteiger partial charge in [-0.3, -0.25) is 0 Å². The molecule has 0 saturated carbocycles. The number of hydrogen-bond acceptors (Lipinski definition) is 4. The van der Waals surface area contributed by atoms with E-state index in [0.29, 0.717) is 18.1 Å². The van der Waals surface area contributed by atoms with Gasteiger partial charge in [0.15, 0.2) is 5.69 Å². The van der Waals surface area contributed by atoms with Crippen LogP contribution in [0.3, 0.4) is 0 Å². The number of nitrogen functional groups attached to an aromatic ring is 1. The van der Waals surface area contributed by atoms with Crippen LogP contribution in [0.15, 0.2) is 30.3 Å². The second kappa shape index (κ2) is 6.02. The molecule has 0 bridgehead atoms. The minimum Gasteiger partial charge on any atom is -0.396 e. The predicted octanol–water partition coefficient (Wildman–Crippen LogP) is 2.64. The minimum absolute atomic E-state index is 0.216. The molecule has 0 saturated heterocycles. The van der Waals surface area contributed by atoms with Gasteiger partial charge < -0.3 is 11.1 Å². The van der Waals surface area contributed by atoms with Crippen LogP contribution >= 0.6 is 0 Å². The van der Waals surface area contributed by atoms with Crippen molar-refractivity contribution >= 4 is 11.5 Å². The van der Waals surface area contributed by atoms with Crippen LogP contribution in [-0.4, -0.2) is 11.5 Å². The number of anilines is 2. The number of pyridine rings is 1. The monoisotopic (exact) mass is 270 g/mol. The van der Waals surface area contributed by atoms with Gasteiger partial charge in [0.05, 0.1) is 5.69 Å². The number of halogens is 1. The molecule has 1 aromatic heterocycles. The van der Waals surface area contributed by atoms with E-state index in [1.54, 1.807) is 18.2 Å². The fourth-order valence-corrected chi connectivity index (χ4v) is 1.92. The molecule has 5 heteroatoms. The van der Waals surface area contributed by atoms with Gasteiger partial charge in [0, 0.05) is 6.54 Å². The van der Waals surface area contributed by atoms with Crippen molar-refractivity contribution in [3.05, 3.63) is 53.0 Å². The third-order valence-electron chi connectivity index (χ3n) is 3.04. The van der Waals surface area contributed by atoms with Crippen LogP contribution in [0.4, 0.5) is 15.9 Å². The molecule has 4 nitrogen and oxygen atoms in total. The van der Waals surface area contributed by atoms with Crippen molar-refractivity contribution in [1.29, 1.82) is 5.26 Å². The van der Waals surface area contributed by atoms with E-state index in [9.17, 15) is 4.39 Å². The van der Waals surface area contributed by atoms with Gasteiger partial charge in [0.2, 0.25) is 0 Å². The third kappa shape index (κ3) is 3.23. The lowest BCUT2D eigenvalue weighted by Gasteiger charge is -2.08. The van der Waals surface area contributed by atoms with E-state index in [4.69, 9.17) is 11.0 Å². The summed E-state index contributed by atoms with van der Waals surface area (Å²) in [6.07, 6.45) is 0.750. The van der Waals surface area contributed by atoms with Gasteiger partial charge in [-0.25, -0.2) is 9.37 Å². The van der Waals surface area contributed by atoms with E-state index in [1.807, 2.05) is 13.0 Å². The average Bonchev–Trinajstić information content (AvgIpc) is 2.43. The van der Waals surface area contributed by atoms with Crippen molar-refractivity contribution in [3.8, 4) is 6.07 Å². The van der Waals surface area contributed by atoms with E-state index in [2.05, 4.69) is 10.3 Å². The summed E-state index contributed by atoms with van der Waals surface area (Å²) in [7, 11) is 0. The van der Waals surface area contributed by atoms with E-state index in [1.165, 1.54) is 12.1 Å². The lowest BCUT2D eigenvalue weighted by atomic mass is 10.1. The maximum atomic E-state index is 13.0. The first-order valence-corrected chi connectivity index (χ1v) is 6.25. The molecular formula is C15H15FN4. The van der Waals surface area contributed by atoms with Crippen molar-refractivity contribution in [1.82, 2.24) is 4.98 Å². The zero-order valence-corrected chi connectivity index (χ0v) is 11.2. The number of nitrogens with one attached hydrogen (secondary N) is 1. The molecule has 3 N–H and O–H groups in total. The number of nitrogens with zero attached hydrogens (tertiary/aromatic N) is 2. The highest BCUT2D eigenvalue weighted by molar-refractivity contribution is 5.54.